The number of nitrogens with zero attached hydrogens (tertiary/aromatic N) is 2. The third-order valence-corrected chi connectivity index (χ3v) is 8.77. The SMILES string of the molecule is COc1cc(CN(C2CC(C(=O)O)C2)[C@H](C)c2ccc3c(c2)CCC3)ccc1OCCNC(=O)/C=C\N(C)C(=O)I. The first-order chi connectivity index (χ1) is 19.7. The highest BCUT2D eigenvalue weighted by Crippen LogP contribution is 2.39. The average molecular weight is 676 g/mol. The summed E-state index contributed by atoms with van der Waals surface area (Å²) < 4.78 is 11.3. The standard InChI is InChI=1S/C31H38IN3O6/c1-20(23-9-8-22-5-4-6-24(22)16-23)35(26-17-25(18-26)30(37)38)19-21-7-10-27(28(15-21)40-3)41-14-12-33-29(36)11-13-34(2)31(32)39/h7-11,13,15-16,20,25-26H,4-6,12,14,17-19H2,1-3H3,(H,33,36)(H,37,38)/b13-11-/t20-,25?,26?/m1/s1. The summed E-state index contributed by atoms with van der Waals surface area (Å²) in [5.74, 6) is -0.156. The van der Waals surface area contributed by atoms with E-state index >= 15 is 0 Å². The van der Waals surface area contributed by atoms with Crippen molar-refractivity contribution < 1.29 is 29.0 Å². The number of benzene rings is 2. The van der Waals surface area contributed by atoms with Gasteiger partial charge in [0, 0.05) is 60.5 Å². The highest BCUT2D eigenvalue weighted by atomic mass is 127. The van der Waals surface area contributed by atoms with Gasteiger partial charge in [-0.15, -0.1) is 0 Å². The lowest BCUT2D eigenvalue weighted by atomic mass is 9.78. The number of carbonyl (C=O) groups excluding carboxylic acids is 2. The summed E-state index contributed by atoms with van der Waals surface area (Å²) in [6.45, 7) is 3.40. The van der Waals surface area contributed by atoms with Crippen LogP contribution < -0.4 is 14.8 Å². The molecule has 2 aliphatic rings. The molecule has 0 aliphatic heterocycles. The normalized spacial score (nSPS) is 18.5. The van der Waals surface area contributed by atoms with Gasteiger partial charge in [-0.2, -0.15) is 0 Å². The van der Waals surface area contributed by atoms with Gasteiger partial charge >= 0.3 is 5.97 Å². The van der Waals surface area contributed by atoms with Crippen molar-refractivity contribution in [3.05, 3.63) is 70.9 Å². The van der Waals surface area contributed by atoms with Crippen LogP contribution >= 0.6 is 22.6 Å². The number of aryl methyl sites for hydroxylation is 2. The van der Waals surface area contributed by atoms with Crippen LogP contribution in [0, 0.1) is 5.92 Å². The zero-order chi connectivity index (χ0) is 29.5. The van der Waals surface area contributed by atoms with Crippen LogP contribution in [0.2, 0.25) is 0 Å². The van der Waals surface area contributed by atoms with Gasteiger partial charge in [0.15, 0.2) is 11.5 Å². The van der Waals surface area contributed by atoms with E-state index in [0.29, 0.717) is 30.9 Å². The molecule has 1 fully saturated rings. The quantitative estimate of drug-likeness (QED) is 0.100. The molecule has 0 heterocycles. The van der Waals surface area contributed by atoms with E-state index in [1.165, 1.54) is 40.3 Å². The summed E-state index contributed by atoms with van der Waals surface area (Å²) in [4.78, 5) is 38.4. The first-order valence-electron chi connectivity index (χ1n) is 13.9. The van der Waals surface area contributed by atoms with E-state index in [9.17, 15) is 19.5 Å². The fourth-order valence-corrected chi connectivity index (χ4v) is 5.62. The Kier molecular flexibility index (Phi) is 10.7. The van der Waals surface area contributed by atoms with Crippen molar-refractivity contribution in [1.29, 1.82) is 0 Å². The van der Waals surface area contributed by atoms with Gasteiger partial charge in [0.1, 0.15) is 6.61 Å². The van der Waals surface area contributed by atoms with Crippen LogP contribution in [0.3, 0.4) is 0 Å². The number of carboxylic acid groups (broad SMARTS) is 1. The number of methoxy groups -OCH3 is 1. The third-order valence-electron chi connectivity index (χ3n) is 8.01. The maximum absolute atomic E-state index is 12.0. The number of rotatable bonds is 13. The second-order valence-corrected chi connectivity index (χ2v) is 11.6. The highest BCUT2D eigenvalue weighted by molar-refractivity contribution is 14.1. The highest BCUT2D eigenvalue weighted by Gasteiger charge is 2.40. The van der Waals surface area contributed by atoms with Gasteiger partial charge in [0.05, 0.1) is 19.6 Å². The predicted octanol–water partition coefficient (Wildman–Crippen LogP) is 5.11. The first-order valence-corrected chi connectivity index (χ1v) is 15.0. The van der Waals surface area contributed by atoms with Crippen LogP contribution in [-0.4, -0.2) is 64.0 Å². The number of aliphatic carboxylic acids is 1. The lowest BCUT2D eigenvalue weighted by Crippen LogP contribution is -2.47. The Bertz CT molecular complexity index is 1290. The molecule has 41 heavy (non-hydrogen) atoms. The number of ether oxygens (including phenoxy) is 2. The van der Waals surface area contributed by atoms with E-state index in [1.54, 1.807) is 36.7 Å². The second-order valence-electron chi connectivity index (χ2n) is 10.7. The van der Waals surface area contributed by atoms with Gasteiger partial charge in [-0.25, -0.2) is 0 Å². The van der Waals surface area contributed by atoms with E-state index in [4.69, 9.17) is 9.47 Å². The number of carboxylic acids is 1. The summed E-state index contributed by atoms with van der Waals surface area (Å²) >= 11 is 1.64. The zero-order valence-corrected chi connectivity index (χ0v) is 25.9. The Labute approximate surface area is 255 Å². The molecule has 1 atom stereocenters. The van der Waals surface area contributed by atoms with Crippen LogP contribution in [0.1, 0.15) is 54.5 Å². The van der Waals surface area contributed by atoms with Crippen molar-refractivity contribution in [2.75, 3.05) is 27.3 Å². The molecule has 2 aromatic rings. The van der Waals surface area contributed by atoms with Crippen molar-refractivity contribution in [3.8, 4) is 11.5 Å². The topological polar surface area (TPSA) is 108 Å². The average Bonchev–Trinajstić information content (AvgIpc) is 3.40. The van der Waals surface area contributed by atoms with Crippen molar-refractivity contribution in [3.63, 3.8) is 0 Å². The van der Waals surface area contributed by atoms with E-state index in [2.05, 4.69) is 35.3 Å². The predicted molar refractivity (Wildman–Crippen MR) is 164 cm³/mol. The molecule has 0 spiro atoms. The van der Waals surface area contributed by atoms with Crippen molar-refractivity contribution >= 4 is 38.4 Å². The van der Waals surface area contributed by atoms with E-state index in [-0.39, 0.29) is 41.0 Å². The lowest BCUT2D eigenvalue weighted by Gasteiger charge is -2.44. The molecule has 2 aliphatic carbocycles. The van der Waals surface area contributed by atoms with Crippen LogP contribution in [0.25, 0.3) is 0 Å². The fourth-order valence-electron chi connectivity index (χ4n) is 5.46. The molecular formula is C31H38IN3O6. The van der Waals surface area contributed by atoms with Crippen molar-refractivity contribution in [2.24, 2.45) is 5.92 Å². The van der Waals surface area contributed by atoms with Crippen LogP contribution in [-0.2, 0) is 29.0 Å². The molecule has 0 unspecified atom stereocenters. The summed E-state index contributed by atoms with van der Waals surface area (Å²) in [6.07, 6.45) is 7.47. The van der Waals surface area contributed by atoms with Gasteiger partial charge in [-0.1, -0.05) is 24.3 Å². The summed E-state index contributed by atoms with van der Waals surface area (Å²) in [5.41, 5.74) is 5.19. The number of amides is 2. The third kappa shape index (κ3) is 8.00. The molecule has 0 bridgehead atoms. The molecule has 4 rings (SSSR count). The molecule has 1 saturated carbocycles. The molecule has 2 N–H and O–H groups in total. The van der Waals surface area contributed by atoms with Gasteiger partial charge in [-0.05, 0) is 73.4 Å². The number of halogens is 1. The summed E-state index contributed by atoms with van der Waals surface area (Å²) in [7, 11) is 3.17. The Balaban J connectivity index is 1.40. The molecule has 2 aromatic carbocycles. The Morgan fingerprint density at radius 1 is 1.12 bits per heavy atom. The largest absolute Gasteiger partial charge is 0.493 e. The monoisotopic (exact) mass is 675 g/mol. The molecule has 9 nitrogen and oxygen atoms in total. The molecule has 0 saturated heterocycles. The van der Waals surface area contributed by atoms with Gasteiger partial charge in [0.25, 0.3) is 3.91 Å². The van der Waals surface area contributed by atoms with Crippen LogP contribution in [0.4, 0.5) is 4.79 Å². The van der Waals surface area contributed by atoms with Crippen molar-refractivity contribution in [1.82, 2.24) is 15.1 Å². The smallest absolute Gasteiger partial charge is 0.306 e. The Morgan fingerprint density at radius 2 is 1.88 bits per heavy atom. The fraction of sp³-hybridized carbons (Fsp3) is 0.452. The number of fused-ring (bicyclic) bond motifs is 1. The van der Waals surface area contributed by atoms with Crippen LogP contribution in [0.5, 0.6) is 11.5 Å². The van der Waals surface area contributed by atoms with Gasteiger partial charge in [-0.3, -0.25) is 19.3 Å². The maximum Gasteiger partial charge on any atom is 0.306 e. The Hall–Kier alpha value is -3.12. The minimum absolute atomic E-state index is 0.134. The zero-order valence-electron chi connectivity index (χ0n) is 23.8. The van der Waals surface area contributed by atoms with Crippen molar-refractivity contribution in [2.45, 2.75) is 57.7 Å². The summed E-state index contributed by atoms with van der Waals surface area (Å²) in [6, 6.07) is 13.0. The molecule has 2 amide bonds. The van der Waals surface area contributed by atoms with Gasteiger partial charge < -0.3 is 24.8 Å². The molecule has 220 valence electrons. The van der Waals surface area contributed by atoms with Crippen LogP contribution in [0.15, 0.2) is 48.7 Å². The second kappa shape index (κ2) is 14.2. The lowest BCUT2D eigenvalue weighted by molar-refractivity contribution is -0.147. The number of nitrogens with one attached hydrogen (secondary N) is 1. The number of hydrogen-bond acceptors (Lipinski definition) is 6. The minimum atomic E-state index is -0.718. The minimum Gasteiger partial charge on any atom is -0.493 e. The Morgan fingerprint density at radius 3 is 2.59 bits per heavy atom. The number of carbonyl (C=O) groups is 3. The van der Waals surface area contributed by atoms with E-state index < -0.39 is 5.97 Å². The molecule has 0 aromatic heterocycles. The summed E-state index contributed by atoms with van der Waals surface area (Å²) in [5, 5.41) is 12.2. The molecule has 0 radical (unpaired) electrons. The molecule has 10 heteroatoms. The maximum atomic E-state index is 12.0. The van der Waals surface area contributed by atoms with Gasteiger partial charge in [0.2, 0.25) is 5.91 Å². The number of hydrogen-bond donors (Lipinski definition) is 2. The molecular weight excluding hydrogens is 637 g/mol. The van der Waals surface area contributed by atoms with E-state index in [1.807, 2.05) is 18.2 Å². The van der Waals surface area contributed by atoms with E-state index in [0.717, 1.165) is 18.4 Å². The first kappa shape index (κ1) is 30.8.